The lowest BCUT2D eigenvalue weighted by molar-refractivity contribution is 0.120. The monoisotopic (exact) mass is 579 g/mol. The molecule has 2 fully saturated rings. The van der Waals surface area contributed by atoms with Crippen molar-refractivity contribution in [1.29, 1.82) is 0 Å². The van der Waals surface area contributed by atoms with E-state index in [0.717, 1.165) is 49.2 Å². The minimum atomic E-state index is -0.374. The Morgan fingerprint density at radius 2 is 1.76 bits per heavy atom. The molecule has 1 aromatic carbocycles. The molecule has 2 aliphatic heterocycles. The van der Waals surface area contributed by atoms with Gasteiger partial charge >= 0.3 is 12.1 Å². The number of hydrogen-bond donors (Lipinski definition) is 1. The molecule has 0 aliphatic carbocycles. The number of nitrogens with one attached hydrogen (secondary N) is 1. The van der Waals surface area contributed by atoms with Gasteiger partial charge in [-0.05, 0) is 71.8 Å². The standard InChI is InChI=1S/C31H42FN7O3/c1-6-38(28-26(34-31(2,3)4)20-23(32)21-33-28)24-10-12-36(13-11-24)29(40)39-14-9-22-19-25(7-8-27(22)39)42-30(41)37-17-15-35(5)16-18-37/h7-9,14,19-21,24,34H,6,10-13,15-18H2,1-5H3. The second-order valence-corrected chi connectivity index (χ2v) is 12.3. The van der Waals surface area contributed by atoms with Gasteiger partial charge in [-0.25, -0.2) is 19.0 Å². The lowest BCUT2D eigenvalue weighted by atomic mass is 10.0. The number of halogens is 1. The molecule has 0 saturated carbocycles. The molecule has 1 N–H and O–H groups in total. The van der Waals surface area contributed by atoms with Crippen molar-refractivity contribution in [1.82, 2.24) is 24.3 Å². The molecule has 0 spiro atoms. The molecule has 0 unspecified atom stereocenters. The second-order valence-electron chi connectivity index (χ2n) is 12.3. The Morgan fingerprint density at radius 3 is 2.43 bits per heavy atom. The molecular formula is C31H42FN7O3. The van der Waals surface area contributed by atoms with Gasteiger partial charge in [-0.15, -0.1) is 0 Å². The topological polar surface area (TPSA) is 86.2 Å². The number of carbonyl (C=O) groups is 2. The lowest BCUT2D eigenvalue weighted by Gasteiger charge is -2.39. The van der Waals surface area contributed by atoms with E-state index in [0.29, 0.717) is 37.6 Å². The van der Waals surface area contributed by atoms with Gasteiger partial charge in [0.05, 0.1) is 17.4 Å². The van der Waals surface area contributed by atoms with Crippen LogP contribution in [0.4, 0.5) is 25.5 Å². The zero-order valence-corrected chi connectivity index (χ0v) is 25.3. The third-order valence-electron chi connectivity index (χ3n) is 7.97. The number of benzene rings is 1. The molecule has 10 nitrogen and oxygen atoms in total. The van der Waals surface area contributed by atoms with Crippen molar-refractivity contribution in [3.05, 3.63) is 48.5 Å². The van der Waals surface area contributed by atoms with E-state index < -0.39 is 0 Å². The molecule has 42 heavy (non-hydrogen) atoms. The third-order valence-corrected chi connectivity index (χ3v) is 7.97. The molecule has 11 heteroatoms. The number of hydrogen-bond acceptors (Lipinski definition) is 7. The molecule has 2 aliphatic rings. The summed E-state index contributed by atoms with van der Waals surface area (Å²) in [5.74, 6) is 0.826. The Balaban J connectivity index is 1.23. The van der Waals surface area contributed by atoms with Gasteiger partial charge in [-0.1, -0.05) is 0 Å². The highest BCUT2D eigenvalue weighted by atomic mass is 19.1. The van der Waals surface area contributed by atoms with E-state index in [1.165, 1.54) is 12.3 Å². The summed E-state index contributed by atoms with van der Waals surface area (Å²) in [6.07, 6.45) is 4.24. The summed E-state index contributed by atoms with van der Waals surface area (Å²) in [5, 5.41) is 4.23. The van der Waals surface area contributed by atoms with Gasteiger partial charge in [-0.2, -0.15) is 0 Å². The van der Waals surface area contributed by atoms with Crippen LogP contribution in [0.15, 0.2) is 42.7 Å². The summed E-state index contributed by atoms with van der Waals surface area (Å²) in [4.78, 5) is 38.6. The largest absolute Gasteiger partial charge is 0.415 e. The normalized spacial score (nSPS) is 17.0. The zero-order chi connectivity index (χ0) is 30.0. The minimum Gasteiger partial charge on any atom is -0.410 e. The van der Waals surface area contributed by atoms with E-state index in [4.69, 9.17) is 4.74 Å². The number of ether oxygens (including phenoxy) is 1. The first-order valence-corrected chi connectivity index (χ1v) is 14.8. The van der Waals surface area contributed by atoms with Crippen LogP contribution in [0.2, 0.25) is 0 Å². The van der Waals surface area contributed by atoms with Crippen LogP contribution in [0.1, 0.15) is 40.5 Å². The molecule has 0 bridgehead atoms. The van der Waals surface area contributed by atoms with E-state index in [1.807, 2.05) is 44.9 Å². The number of amides is 2. The number of piperidine rings is 1. The average molecular weight is 580 g/mol. The summed E-state index contributed by atoms with van der Waals surface area (Å²) >= 11 is 0. The molecular weight excluding hydrogens is 537 g/mol. The third kappa shape index (κ3) is 6.61. The maximum absolute atomic E-state index is 14.1. The summed E-state index contributed by atoms with van der Waals surface area (Å²) in [6.45, 7) is 13.0. The average Bonchev–Trinajstić information content (AvgIpc) is 3.37. The smallest absolute Gasteiger partial charge is 0.410 e. The first kappa shape index (κ1) is 29.6. The maximum Gasteiger partial charge on any atom is 0.415 e. The van der Waals surface area contributed by atoms with Crippen molar-refractivity contribution >= 4 is 34.5 Å². The van der Waals surface area contributed by atoms with Crippen LogP contribution in [-0.2, 0) is 0 Å². The summed E-state index contributed by atoms with van der Waals surface area (Å²) in [7, 11) is 2.04. The van der Waals surface area contributed by atoms with Crippen LogP contribution in [-0.4, -0.2) is 101 Å². The van der Waals surface area contributed by atoms with Gasteiger partial charge in [0.15, 0.2) is 5.82 Å². The zero-order valence-electron chi connectivity index (χ0n) is 25.3. The number of nitrogens with zero attached hydrogens (tertiary/aromatic N) is 6. The predicted octanol–water partition coefficient (Wildman–Crippen LogP) is 5.09. The number of fused-ring (bicyclic) bond motifs is 1. The lowest BCUT2D eigenvalue weighted by Crippen LogP contribution is -2.48. The van der Waals surface area contributed by atoms with Crippen LogP contribution >= 0.6 is 0 Å². The van der Waals surface area contributed by atoms with Crippen molar-refractivity contribution in [2.24, 2.45) is 0 Å². The highest BCUT2D eigenvalue weighted by Crippen LogP contribution is 2.31. The molecule has 0 radical (unpaired) electrons. The number of likely N-dealkylation sites (N-methyl/N-ethyl adjacent to an activating group) is 1. The Hall–Kier alpha value is -3.86. The van der Waals surface area contributed by atoms with Crippen LogP contribution in [0.25, 0.3) is 10.9 Å². The quantitative estimate of drug-likeness (QED) is 0.451. The van der Waals surface area contributed by atoms with Crippen LogP contribution < -0.4 is 15.0 Å². The Bertz CT molecular complexity index is 1420. The molecule has 226 valence electrons. The molecule has 2 saturated heterocycles. The van der Waals surface area contributed by atoms with Crippen LogP contribution in [0, 0.1) is 5.82 Å². The maximum atomic E-state index is 14.1. The fourth-order valence-corrected chi connectivity index (χ4v) is 5.76. The Labute approximate surface area is 247 Å². The van der Waals surface area contributed by atoms with Gasteiger partial charge in [0.2, 0.25) is 0 Å². The number of carbonyl (C=O) groups excluding carboxylic acids is 2. The van der Waals surface area contributed by atoms with Crippen molar-refractivity contribution in [2.45, 2.75) is 52.1 Å². The number of anilines is 2. The van der Waals surface area contributed by atoms with Gasteiger partial charge in [-0.3, -0.25) is 4.57 Å². The second kappa shape index (κ2) is 12.2. The summed E-state index contributed by atoms with van der Waals surface area (Å²) in [6, 6.07) is 8.85. The van der Waals surface area contributed by atoms with Gasteiger partial charge < -0.3 is 29.7 Å². The number of likely N-dealkylation sites (tertiary alicyclic amines) is 1. The van der Waals surface area contributed by atoms with Crippen LogP contribution in [0.3, 0.4) is 0 Å². The fourth-order valence-electron chi connectivity index (χ4n) is 5.76. The predicted molar refractivity (Wildman–Crippen MR) is 163 cm³/mol. The Kier molecular flexibility index (Phi) is 8.58. The first-order chi connectivity index (χ1) is 20.0. The first-order valence-electron chi connectivity index (χ1n) is 14.8. The van der Waals surface area contributed by atoms with Gasteiger partial charge in [0.25, 0.3) is 0 Å². The number of rotatable bonds is 5. The van der Waals surface area contributed by atoms with Crippen LogP contribution in [0.5, 0.6) is 5.75 Å². The Morgan fingerprint density at radius 1 is 1.05 bits per heavy atom. The molecule has 0 atom stereocenters. The van der Waals surface area contributed by atoms with Gasteiger partial charge in [0, 0.05) is 75.0 Å². The van der Waals surface area contributed by atoms with Crippen molar-refractivity contribution in [2.75, 3.05) is 63.1 Å². The summed E-state index contributed by atoms with van der Waals surface area (Å²) in [5.41, 5.74) is 1.20. The molecule has 4 heterocycles. The molecule has 5 rings (SSSR count). The molecule has 3 aromatic rings. The van der Waals surface area contributed by atoms with E-state index in [2.05, 4.69) is 27.0 Å². The highest BCUT2D eigenvalue weighted by molar-refractivity contribution is 5.92. The van der Waals surface area contributed by atoms with Crippen molar-refractivity contribution in [3.63, 3.8) is 0 Å². The SMILES string of the molecule is CCN(c1ncc(F)cc1NC(C)(C)C)C1CCN(C(=O)n2ccc3cc(OC(=O)N4CCN(C)CC4)ccc32)CC1. The van der Waals surface area contributed by atoms with E-state index in [9.17, 15) is 14.0 Å². The van der Waals surface area contributed by atoms with Gasteiger partial charge in [0.1, 0.15) is 11.6 Å². The number of piperazine rings is 1. The van der Waals surface area contributed by atoms with E-state index >= 15 is 0 Å². The fraction of sp³-hybridized carbons (Fsp3) is 0.516. The van der Waals surface area contributed by atoms with E-state index in [1.54, 1.807) is 27.8 Å². The number of pyridine rings is 1. The van der Waals surface area contributed by atoms with E-state index in [-0.39, 0.29) is 29.5 Å². The number of aromatic nitrogens is 2. The molecule has 2 aromatic heterocycles. The van der Waals surface area contributed by atoms with Crippen molar-refractivity contribution < 1.29 is 18.7 Å². The molecule has 2 amide bonds. The highest BCUT2D eigenvalue weighted by Gasteiger charge is 2.30. The summed E-state index contributed by atoms with van der Waals surface area (Å²) < 4.78 is 21.4. The minimum absolute atomic E-state index is 0.0799. The van der Waals surface area contributed by atoms with Crippen molar-refractivity contribution in [3.8, 4) is 5.75 Å².